The van der Waals surface area contributed by atoms with Crippen molar-refractivity contribution in [2.75, 3.05) is 6.61 Å². The molecule has 4 rings (SSSR count). The van der Waals surface area contributed by atoms with Crippen LogP contribution in [0.3, 0.4) is 0 Å². The first kappa shape index (κ1) is 21.5. The Morgan fingerprint density at radius 1 is 1.13 bits per heavy atom. The number of halogens is 2. The lowest BCUT2D eigenvalue weighted by Crippen LogP contribution is -2.33. The molecule has 2 aliphatic rings. The summed E-state index contributed by atoms with van der Waals surface area (Å²) in [4.78, 5) is 26.2. The fourth-order valence-corrected chi connectivity index (χ4v) is 4.65. The van der Waals surface area contributed by atoms with Gasteiger partial charge in [-0.25, -0.2) is 4.79 Å². The molecule has 0 radical (unpaired) electrons. The van der Waals surface area contributed by atoms with Gasteiger partial charge in [-0.05, 0) is 30.0 Å². The summed E-state index contributed by atoms with van der Waals surface area (Å²) >= 11 is 12.7. The predicted octanol–water partition coefficient (Wildman–Crippen LogP) is 5.24. The fraction of sp³-hybridized carbons (Fsp3) is 0.250. The van der Waals surface area contributed by atoms with Crippen molar-refractivity contribution >= 4 is 35.0 Å². The van der Waals surface area contributed by atoms with Gasteiger partial charge in [-0.1, -0.05) is 65.7 Å². The fourth-order valence-electron chi connectivity index (χ4n) is 4.23. The van der Waals surface area contributed by atoms with E-state index >= 15 is 0 Å². The Morgan fingerprint density at radius 2 is 1.87 bits per heavy atom. The Labute approximate surface area is 190 Å². The lowest BCUT2D eigenvalue weighted by Gasteiger charge is -2.35. The third-order valence-corrected chi connectivity index (χ3v) is 6.43. The summed E-state index contributed by atoms with van der Waals surface area (Å²) in [5.41, 5.74) is 8.21. The molecule has 31 heavy (non-hydrogen) atoms. The molecule has 1 aliphatic heterocycles. The second-order valence-electron chi connectivity index (χ2n) is 7.45. The van der Waals surface area contributed by atoms with Crippen LogP contribution in [0, 0.1) is 0 Å². The summed E-state index contributed by atoms with van der Waals surface area (Å²) in [6.45, 7) is 1.85. The summed E-state index contributed by atoms with van der Waals surface area (Å²) in [6.07, 6.45) is 0.771. The molecule has 0 fully saturated rings. The highest BCUT2D eigenvalue weighted by Gasteiger charge is 2.44. The van der Waals surface area contributed by atoms with Gasteiger partial charge in [0.25, 0.3) is 0 Å². The summed E-state index contributed by atoms with van der Waals surface area (Å²) < 4.78 is 11.1. The number of ketones is 1. The molecule has 2 atom stereocenters. The van der Waals surface area contributed by atoms with Crippen molar-refractivity contribution < 1.29 is 19.1 Å². The van der Waals surface area contributed by atoms with Gasteiger partial charge < -0.3 is 15.2 Å². The highest BCUT2D eigenvalue weighted by atomic mass is 35.5. The van der Waals surface area contributed by atoms with Gasteiger partial charge in [-0.2, -0.15) is 0 Å². The quantitative estimate of drug-likeness (QED) is 0.634. The Bertz CT molecular complexity index is 1110. The van der Waals surface area contributed by atoms with Crippen molar-refractivity contribution in [1.82, 2.24) is 0 Å². The molecule has 0 aromatic heterocycles. The smallest absolute Gasteiger partial charge is 0.340 e. The van der Waals surface area contributed by atoms with Crippen molar-refractivity contribution in [3.05, 3.63) is 92.5 Å². The molecule has 1 heterocycles. The minimum Gasteiger partial charge on any atom is -0.462 e. The van der Waals surface area contributed by atoms with E-state index in [2.05, 4.69) is 0 Å². The van der Waals surface area contributed by atoms with E-state index in [0.717, 1.165) is 5.56 Å². The Hall–Kier alpha value is -2.76. The maximum atomic E-state index is 13.4. The third-order valence-electron chi connectivity index (χ3n) is 5.60. The summed E-state index contributed by atoms with van der Waals surface area (Å²) in [6, 6.07) is 14.9. The number of carbonyl (C=O) groups excluding carboxylic acids is 2. The molecule has 160 valence electrons. The molecule has 0 amide bonds. The average Bonchev–Trinajstić information content (AvgIpc) is 2.75. The third kappa shape index (κ3) is 3.95. The van der Waals surface area contributed by atoms with E-state index in [-0.39, 0.29) is 41.2 Å². The van der Waals surface area contributed by atoms with E-state index in [0.29, 0.717) is 28.3 Å². The number of rotatable bonds is 4. The molecule has 2 aromatic rings. The minimum atomic E-state index is -0.807. The van der Waals surface area contributed by atoms with Crippen molar-refractivity contribution in [3.8, 4) is 0 Å². The molecule has 2 N–H and O–H groups in total. The Morgan fingerprint density at radius 3 is 2.58 bits per heavy atom. The van der Waals surface area contributed by atoms with Crippen LogP contribution in [0.15, 0.2) is 71.3 Å². The molecule has 0 saturated carbocycles. The van der Waals surface area contributed by atoms with Crippen LogP contribution >= 0.6 is 23.2 Å². The van der Waals surface area contributed by atoms with Gasteiger partial charge >= 0.3 is 5.97 Å². The van der Waals surface area contributed by atoms with Crippen LogP contribution in [-0.4, -0.2) is 18.4 Å². The predicted molar refractivity (Wildman–Crippen MR) is 119 cm³/mol. The van der Waals surface area contributed by atoms with E-state index in [1.807, 2.05) is 30.3 Å². The summed E-state index contributed by atoms with van der Waals surface area (Å²) in [5, 5.41) is 0.579. The Balaban J connectivity index is 1.85. The number of carbonyl (C=O) groups is 2. The highest BCUT2D eigenvalue weighted by Crippen LogP contribution is 2.49. The number of hydrogen-bond donors (Lipinski definition) is 1. The maximum Gasteiger partial charge on any atom is 0.340 e. The van der Waals surface area contributed by atoms with E-state index in [1.165, 1.54) is 0 Å². The van der Waals surface area contributed by atoms with E-state index in [1.54, 1.807) is 25.1 Å². The normalized spacial score (nSPS) is 20.9. The Kier molecular flexibility index (Phi) is 6.08. The van der Waals surface area contributed by atoms with Gasteiger partial charge in [0.1, 0.15) is 11.3 Å². The molecule has 0 bridgehead atoms. The molecule has 0 saturated heterocycles. The van der Waals surface area contributed by atoms with E-state index < -0.39 is 11.9 Å². The summed E-state index contributed by atoms with van der Waals surface area (Å²) in [5.74, 6) is -1.24. The second kappa shape index (κ2) is 8.77. The first-order valence-corrected chi connectivity index (χ1v) is 10.8. The van der Waals surface area contributed by atoms with Crippen molar-refractivity contribution in [3.63, 3.8) is 0 Å². The lowest BCUT2D eigenvalue weighted by atomic mass is 9.73. The molecular weight excluding hydrogens is 437 g/mol. The number of benzene rings is 2. The largest absolute Gasteiger partial charge is 0.462 e. The average molecular weight is 458 g/mol. The van der Waals surface area contributed by atoms with Gasteiger partial charge in [-0.3, -0.25) is 4.79 Å². The highest BCUT2D eigenvalue weighted by molar-refractivity contribution is 6.42. The molecule has 7 heteroatoms. The van der Waals surface area contributed by atoms with Gasteiger partial charge in [-0.15, -0.1) is 0 Å². The van der Waals surface area contributed by atoms with Crippen LogP contribution in [0.25, 0.3) is 0 Å². The molecule has 2 aromatic carbocycles. The van der Waals surface area contributed by atoms with Crippen molar-refractivity contribution in [1.29, 1.82) is 0 Å². The van der Waals surface area contributed by atoms with Crippen LogP contribution in [0.4, 0.5) is 0 Å². The lowest BCUT2D eigenvalue weighted by molar-refractivity contribution is -0.139. The maximum absolute atomic E-state index is 13.4. The van der Waals surface area contributed by atoms with Gasteiger partial charge in [0.2, 0.25) is 5.88 Å². The second-order valence-corrected chi connectivity index (χ2v) is 8.24. The number of hydrogen-bond acceptors (Lipinski definition) is 5. The van der Waals surface area contributed by atoms with Gasteiger partial charge in [0.05, 0.1) is 22.6 Å². The number of allylic oxidation sites excluding steroid dienone is 2. The van der Waals surface area contributed by atoms with Crippen LogP contribution < -0.4 is 5.73 Å². The molecule has 5 nitrogen and oxygen atoms in total. The number of Topliss-reactive ketones (excluding diaryl/α,β-unsaturated/α-hetero) is 1. The van der Waals surface area contributed by atoms with Gasteiger partial charge in [0.15, 0.2) is 5.78 Å². The zero-order valence-electron chi connectivity index (χ0n) is 16.9. The zero-order valence-corrected chi connectivity index (χ0v) is 18.4. The van der Waals surface area contributed by atoms with Gasteiger partial charge in [0, 0.05) is 18.4 Å². The first-order chi connectivity index (χ1) is 14.9. The monoisotopic (exact) mass is 457 g/mol. The van der Waals surface area contributed by atoms with E-state index in [4.69, 9.17) is 38.4 Å². The molecular formula is C24H21Cl2NO4. The van der Waals surface area contributed by atoms with Crippen LogP contribution in [0.2, 0.25) is 10.0 Å². The first-order valence-electron chi connectivity index (χ1n) is 10.0. The van der Waals surface area contributed by atoms with Crippen molar-refractivity contribution in [2.24, 2.45) is 5.73 Å². The molecule has 2 unspecified atom stereocenters. The van der Waals surface area contributed by atoms with E-state index in [9.17, 15) is 9.59 Å². The minimum absolute atomic E-state index is 0.0418. The number of nitrogens with two attached hydrogens (primary N) is 1. The van der Waals surface area contributed by atoms with Crippen LogP contribution in [0.5, 0.6) is 0 Å². The van der Waals surface area contributed by atoms with Crippen molar-refractivity contribution in [2.45, 2.75) is 31.6 Å². The SMILES string of the molecule is CCOC(=O)C1=C(N)OC2=C(C(=O)CC(c3ccccc3)C2)C1c1cccc(Cl)c1Cl. The number of ether oxygens (including phenoxy) is 2. The molecule has 1 aliphatic carbocycles. The zero-order chi connectivity index (χ0) is 22.1. The molecule has 0 spiro atoms. The standard InChI is InChI=1S/C24H21Cl2NO4/c1-2-30-24(29)21-19(15-9-6-10-16(25)22(15)26)20-17(28)11-14(12-18(20)31-23(21)27)13-7-4-3-5-8-13/h3-10,14,19H,2,11-12,27H2,1H3. The summed E-state index contributed by atoms with van der Waals surface area (Å²) in [7, 11) is 0. The topological polar surface area (TPSA) is 78.6 Å². The number of esters is 1. The van der Waals surface area contributed by atoms with Crippen LogP contribution in [-0.2, 0) is 19.1 Å². The van der Waals surface area contributed by atoms with Crippen LogP contribution in [0.1, 0.15) is 42.7 Å².